The molecule has 40 heavy (non-hydrogen) atoms. The molecule has 0 bridgehead atoms. The molecule has 2 atom stereocenters. The smallest absolute Gasteiger partial charge is 0.475 e. The van der Waals surface area contributed by atoms with Crippen LogP contribution in [0.25, 0.3) is 0 Å². The number of likely N-dealkylation sites (N-methyl/N-ethyl adjacent to an activating group) is 1. The fourth-order valence-corrected chi connectivity index (χ4v) is 5.26. The number of aliphatic hydroxyl groups excluding tert-OH is 1. The molecule has 15 heteroatoms. The lowest BCUT2D eigenvalue weighted by Crippen LogP contribution is -2.48. The van der Waals surface area contributed by atoms with Gasteiger partial charge in [0.25, 0.3) is 0 Å². The predicted molar refractivity (Wildman–Crippen MR) is 131 cm³/mol. The van der Waals surface area contributed by atoms with E-state index in [0.717, 1.165) is 71.7 Å². The van der Waals surface area contributed by atoms with Gasteiger partial charge in [0.2, 0.25) is 0 Å². The molecule has 0 saturated carbocycles. The molecule has 0 amide bonds. The summed E-state index contributed by atoms with van der Waals surface area (Å²) in [5.41, 5.74) is 2.67. The molecule has 0 unspecified atom stereocenters. The number of halogens is 6. The number of alkyl halides is 6. The lowest BCUT2D eigenvalue weighted by atomic mass is 9.72. The molecule has 2 heterocycles. The Bertz CT molecular complexity index is 941. The van der Waals surface area contributed by atoms with E-state index in [4.69, 9.17) is 24.5 Å². The number of carboxylic acids is 2. The molecule has 4 N–H and O–H groups in total. The summed E-state index contributed by atoms with van der Waals surface area (Å²) >= 11 is 0. The zero-order chi connectivity index (χ0) is 30.1. The summed E-state index contributed by atoms with van der Waals surface area (Å²) in [7, 11) is 2.18. The van der Waals surface area contributed by atoms with Gasteiger partial charge in [-0.1, -0.05) is 24.3 Å². The van der Waals surface area contributed by atoms with Gasteiger partial charge in [0, 0.05) is 18.5 Å². The highest BCUT2D eigenvalue weighted by Gasteiger charge is 2.52. The number of morpholine rings is 1. The van der Waals surface area contributed by atoms with Crippen LogP contribution in [0.2, 0.25) is 0 Å². The summed E-state index contributed by atoms with van der Waals surface area (Å²) in [6.07, 6.45) is -7.28. The lowest BCUT2D eigenvalue weighted by molar-refractivity contribution is -0.193. The number of aliphatic hydroxyl groups is 1. The molecule has 4 rings (SSSR count). The van der Waals surface area contributed by atoms with Crippen LogP contribution in [-0.4, -0.2) is 115 Å². The number of rotatable bonds is 5. The molecule has 0 radical (unpaired) electrons. The van der Waals surface area contributed by atoms with Gasteiger partial charge in [0.05, 0.1) is 25.4 Å². The maximum Gasteiger partial charge on any atom is 0.490 e. The molecule has 3 aliphatic rings. The third-order valence-corrected chi connectivity index (χ3v) is 7.23. The Kier molecular flexibility index (Phi) is 12.2. The zero-order valence-corrected chi connectivity index (χ0v) is 22.0. The molecule has 2 saturated heterocycles. The topological polar surface area (TPSA) is 123 Å². The minimum atomic E-state index is -5.08. The number of hydrogen-bond acceptors (Lipinski definition) is 7. The van der Waals surface area contributed by atoms with Crippen LogP contribution in [0.4, 0.5) is 26.3 Å². The summed E-state index contributed by atoms with van der Waals surface area (Å²) in [5.74, 6) is -5.51. The van der Waals surface area contributed by atoms with Crippen molar-refractivity contribution in [1.29, 1.82) is 0 Å². The van der Waals surface area contributed by atoms with E-state index in [-0.39, 0.29) is 17.6 Å². The lowest BCUT2D eigenvalue weighted by Gasteiger charge is -2.40. The van der Waals surface area contributed by atoms with Crippen LogP contribution in [-0.2, 0) is 19.7 Å². The van der Waals surface area contributed by atoms with Crippen LogP contribution in [0.3, 0.4) is 0 Å². The molecule has 0 aromatic heterocycles. The second-order valence-electron chi connectivity index (χ2n) is 9.78. The third-order valence-electron chi connectivity index (χ3n) is 7.23. The van der Waals surface area contributed by atoms with Crippen molar-refractivity contribution in [2.45, 2.75) is 49.2 Å². The van der Waals surface area contributed by atoms with Crippen molar-refractivity contribution >= 4 is 11.9 Å². The Hall–Kier alpha value is -2.46. The highest BCUT2D eigenvalue weighted by molar-refractivity contribution is 5.73. The van der Waals surface area contributed by atoms with E-state index >= 15 is 0 Å². The fourth-order valence-electron chi connectivity index (χ4n) is 5.26. The maximum absolute atomic E-state index is 11.4. The second kappa shape index (κ2) is 14.4. The standard InChI is InChI=1S/C21H33N3O2.2C2HF3O2/c1-23(11-4-12-24-13-15-26-16-14-24)19-17-5-2-3-6-18(17)21(20(19)25)7-9-22-10-8-21;2*3-2(4,5)1(6)7/h2-3,5-6,19-20,22,25H,4,7-16H2,1H3;2*(H,6,7)/t19-,20+;;/m1../s1. The molecule has 228 valence electrons. The molecular formula is C25H35F6N3O6. The summed E-state index contributed by atoms with van der Waals surface area (Å²) < 4.78 is 68.9. The minimum Gasteiger partial charge on any atom is -0.475 e. The van der Waals surface area contributed by atoms with Crippen molar-refractivity contribution in [3.63, 3.8) is 0 Å². The molecule has 9 nitrogen and oxygen atoms in total. The van der Waals surface area contributed by atoms with Crippen LogP contribution < -0.4 is 5.32 Å². The van der Waals surface area contributed by atoms with Crippen LogP contribution in [0.15, 0.2) is 24.3 Å². The molecule has 1 aromatic carbocycles. The van der Waals surface area contributed by atoms with E-state index in [0.29, 0.717) is 0 Å². The highest BCUT2D eigenvalue weighted by atomic mass is 19.4. The molecule has 2 fully saturated rings. The number of piperidine rings is 1. The first-order valence-corrected chi connectivity index (χ1v) is 12.7. The monoisotopic (exact) mass is 587 g/mol. The number of carbonyl (C=O) groups is 2. The van der Waals surface area contributed by atoms with Crippen molar-refractivity contribution in [2.75, 3.05) is 59.5 Å². The van der Waals surface area contributed by atoms with E-state index in [9.17, 15) is 31.4 Å². The number of aliphatic carboxylic acids is 2. The first-order chi connectivity index (χ1) is 18.6. The van der Waals surface area contributed by atoms with E-state index in [1.807, 2.05) is 0 Å². The normalized spacial score (nSPS) is 22.5. The summed E-state index contributed by atoms with van der Waals surface area (Å²) in [6, 6.07) is 8.87. The van der Waals surface area contributed by atoms with Gasteiger partial charge in [0.15, 0.2) is 0 Å². The maximum atomic E-state index is 11.4. The largest absolute Gasteiger partial charge is 0.490 e. The van der Waals surface area contributed by atoms with Gasteiger partial charge >= 0.3 is 24.3 Å². The number of fused-ring (bicyclic) bond motifs is 2. The molecule has 1 aliphatic carbocycles. The number of hydrogen-bond donors (Lipinski definition) is 4. The number of benzene rings is 1. The molecule has 1 aromatic rings. The van der Waals surface area contributed by atoms with E-state index < -0.39 is 24.3 Å². The van der Waals surface area contributed by atoms with E-state index in [2.05, 4.69) is 46.4 Å². The van der Waals surface area contributed by atoms with Gasteiger partial charge in [-0.15, -0.1) is 0 Å². The minimum absolute atomic E-state index is 0.0645. The van der Waals surface area contributed by atoms with Crippen molar-refractivity contribution in [3.05, 3.63) is 35.4 Å². The summed E-state index contributed by atoms with van der Waals surface area (Å²) in [5, 5.41) is 29.1. The van der Waals surface area contributed by atoms with Gasteiger partial charge in [-0.25, -0.2) is 9.59 Å². The zero-order valence-electron chi connectivity index (χ0n) is 22.0. The number of ether oxygens (including phenoxy) is 1. The van der Waals surface area contributed by atoms with Crippen LogP contribution in [0.5, 0.6) is 0 Å². The van der Waals surface area contributed by atoms with Gasteiger partial charge in [-0.2, -0.15) is 26.3 Å². The average molecular weight is 588 g/mol. The quantitative estimate of drug-likeness (QED) is 0.385. The number of nitrogens with zero attached hydrogens (tertiary/aromatic N) is 2. The average Bonchev–Trinajstić information content (AvgIpc) is 3.12. The summed E-state index contributed by atoms with van der Waals surface area (Å²) in [6.45, 7) is 7.96. The predicted octanol–water partition coefficient (Wildman–Crippen LogP) is 2.64. The van der Waals surface area contributed by atoms with Crippen LogP contribution in [0.1, 0.15) is 36.4 Å². The van der Waals surface area contributed by atoms with Gasteiger partial charge in [-0.3, -0.25) is 9.80 Å². The van der Waals surface area contributed by atoms with Crippen LogP contribution in [0, 0.1) is 0 Å². The van der Waals surface area contributed by atoms with E-state index in [1.165, 1.54) is 11.1 Å². The van der Waals surface area contributed by atoms with Gasteiger partial charge in [0.1, 0.15) is 0 Å². The third kappa shape index (κ3) is 9.03. The Morgan fingerprint density at radius 2 is 1.52 bits per heavy atom. The molecule has 2 aliphatic heterocycles. The van der Waals surface area contributed by atoms with Crippen LogP contribution >= 0.6 is 0 Å². The van der Waals surface area contributed by atoms with Crippen molar-refractivity contribution in [3.8, 4) is 0 Å². The highest BCUT2D eigenvalue weighted by Crippen LogP contribution is 2.51. The Balaban J connectivity index is 0.000000333. The Labute approximate surface area is 227 Å². The first-order valence-electron chi connectivity index (χ1n) is 12.7. The van der Waals surface area contributed by atoms with Gasteiger partial charge < -0.3 is 25.4 Å². The fraction of sp³-hybridized carbons (Fsp3) is 0.680. The Morgan fingerprint density at radius 3 is 2.02 bits per heavy atom. The second-order valence-corrected chi connectivity index (χ2v) is 9.78. The molecule has 1 spiro atoms. The number of nitrogens with one attached hydrogen (secondary N) is 1. The number of carboxylic acid groups (broad SMARTS) is 2. The van der Waals surface area contributed by atoms with Crippen molar-refractivity contribution in [2.24, 2.45) is 0 Å². The van der Waals surface area contributed by atoms with Gasteiger partial charge in [-0.05, 0) is 63.6 Å². The van der Waals surface area contributed by atoms with Crippen molar-refractivity contribution in [1.82, 2.24) is 15.1 Å². The van der Waals surface area contributed by atoms with Crippen molar-refractivity contribution < 1.29 is 56.0 Å². The summed E-state index contributed by atoms with van der Waals surface area (Å²) in [4.78, 5) is 22.7. The van der Waals surface area contributed by atoms with E-state index in [1.54, 1.807) is 0 Å². The first kappa shape index (κ1) is 33.7. The molecular weight excluding hydrogens is 552 g/mol. The SMILES string of the molecule is CN(CCCN1CCOCC1)[C@@H]1c2ccccc2C2(CCNCC2)[C@H]1O.O=C(O)C(F)(F)F.O=C(O)C(F)(F)F. The Morgan fingerprint density at radius 1 is 1.02 bits per heavy atom.